The zero-order chi connectivity index (χ0) is 16.7. The minimum atomic E-state index is -2.82. The summed E-state index contributed by atoms with van der Waals surface area (Å²) in [5.74, 6) is 0.280. The summed E-state index contributed by atoms with van der Waals surface area (Å²) in [6.45, 7) is -1.95. The Labute approximate surface area is 137 Å². The lowest BCUT2D eigenvalue weighted by Gasteiger charge is -2.12. The molecule has 0 bridgehead atoms. The number of hydrogen-bond donors (Lipinski definition) is 1. The van der Waals surface area contributed by atoms with Crippen LogP contribution >= 0.6 is 0 Å². The number of carbonyl (C=O) groups is 1. The molecular formula is C17H17F2N3O2. The largest absolute Gasteiger partial charge is 0.435 e. The van der Waals surface area contributed by atoms with Gasteiger partial charge in [0.1, 0.15) is 5.75 Å². The zero-order valence-corrected chi connectivity index (χ0v) is 12.9. The summed E-state index contributed by atoms with van der Waals surface area (Å²) in [4.78, 5) is 16.5. The van der Waals surface area contributed by atoms with Crippen LogP contribution in [0.1, 0.15) is 36.1 Å². The highest BCUT2D eigenvalue weighted by Gasteiger charge is 2.44. The maximum absolute atomic E-state index is 12.4. The van der Waals surface area contributed by atoms with Gasteiger partial charge in [-0.25, -0.2) is 4.98 Å². The number of alkyl halides is 2. The molecule has 7 heteroatoms. The van der Waals surface area contributed by atoms with Gasteiger partial charge in [0.2, 0.25) is 5.91 Å². The Morgan fingerprint density at radius 2 is 2.12 bits per heavy atom. The number of imidazole rings is 1. The standard InChI is InChI=1S/C17H17F2N3O2/c18-17(19)24-11-3-1-10(2-4-11)12-7-13(12)16(23)21-14-5-6-22-9-20-8-15(14)22/h1-4,8-9,12-14,17H,5-7H2,(H,21,23)/t12-,13+,14?/m0/s1. The van der Waals surface area contributed by atoms with Crippen LogP contribution in [0.15, 0.2) is 36.8 Å². The zero-order valence-electron chi connectivity index (χ0n) is 12.9. The number of aromatic nitrogens is 2. The van der Waals surface area contributed by atoms with Gasteiger partial charge in [-0.3, -0.25) is 4.79 Å². The first kappa shape index (κ1) is 15.1. The van der Waals surface area contributed by atoms with Gasteiger partial charge in [0, 0.05) is 12.5 Å². The number of nitrogens with zero attached hydrogens (tertiary/aromatic N) is 2. The summed E-state index contributed by atoms with van der Waals surface area (Å²) in [7, 11) is 0. The molecule has 0 saturated heterocycles. The van der Waals surface area contributed by atoms with E-state index in [9.17, 15) is 13.6 Å². The van der Waals surface area contributed by atoms with Crippen molar-refractivity contribution in [3.8, 4) is 5.75 Å². The molecule has 2 aromatic rings. The van der Waals surface area contributed by atoms with Gasteiger partial charge < -0.3 is 14.6 Å². The normalized spacial score (nSPS) is 24.7. The highest BCUT2D eigenvalue weighted by atomic mass is 19.3. The van der Waals surface area contributed by atoms with E-state index in [-0.39, 0.29) is 29.5 Å². The van der Waals surface area contributed by atoms with Crippen molar-refractivity contribution in [2.75, 3.05) is 0 Å². The van der Waals surface area contributed by atoms with Gasteiger partial charge in [-0.05, 0) is 36.5 Å². The van der Waals surface area contributed by atoms with E-state index in [0.29, 0.717) is 0 Å². The summed E-state index contributed by atoms with van der Waals surface area (Å²) < 4.78 is 30.7. The average Bonchev–Trinajstić information content (AvgIpc) is 3.06. The van der Waals surface area contributed by atoms with Crippen LogP contribution in [0.4, 0.5) is 8.78 Å². The van der Waals surface area contributed by atoms with Crippen LogP contribution in [-0.4, -0.2) is 22.1 Å². The summed E-state index contributed by atoms with van der Waals surface area (Å²) in [6, 6.07) is 6.57. The molecule has 5 nitrogen and oxygen atoms in total. The van der Waals surface area contributed by atoms with Crippen molar-refractivity contribution in [2.45, 2.75) is 38.0 Å². The molecule has 1 aliphatic carbocycles. The Bertz CT molecular complexity index is 745. The maximum Gasteiger partial charge on any atom is 0.387 e. The summed E-state index contributed by atoms with van der Waals surface area (Å²) in [5.41, 5.74) is 2.03. The SMILES string of the molecule is O=C(NC1CCn2cncc21)[C@@H]1C[C@H]1c1ccc(OC(F)F)cc1. The number of amides is 1. The second kappa shape index (κ2) is 5.89. The number of ether oxygens (including phenoxy) is 1. The van der Waals surface area contributed by atoms with Crippen molar-refractivity contribution in [2.24, 2.45) is 5.92 Å². The van der Waals surface area contributed by atoms with Crippen LogP contribution in [0.25, 0.3) is 0 Å². The fourth-order valence-electron chi connectivity index (χ4n) is 3.40. The number of nitrogens with one attached hydrogen (secondary N) is 1. The van der Waals surface area contributed by atoms with Crippen molar-refractivity contribution in [3.05, 3.63) is 48.0 Å². The number of hydrogen-bond acceptors (Lipinski definition) is 3. The Morgan fingerprint density at radius 1 is 1.33 bits per heavy atom. The highest BCUT2D eigenvalue weighted by Crippen LogP contribution is 2.48. The molecule has 2 aliphatic rings. The lowest BCUT2D eigenvalue weighted by molar-refractivity contribution is -0.123. The quantitative estimate of drug-likeness (QED) is 0.915. The molecule has 126 valence electrons. The van der Waals surface area contributed by atoms with Crippen molar-refractivity contribution in [1.82, 2.24) is 14.9 Å². The number of carbonyl (C=O) groups excluding carboxylic acids is 1. The van der Waals surface area contributed by atoms with E-state index in [0.717, 1.165) is 30.6 Å². The molecule has 1 unspecified atom stereocenters. The van der Waals surface area contributed by atoms with Crippen molar-refractivity contribution in [1.29, 1.82) is 0 Å². The van der Waals surface area contributed by atoms with Gasteiger partial charge >= 0.3 is 6.61 Å². The van der Waals surface area contributed by atoms with Crippen LogP contribution < -0.4 is 10.1 Å². The monoisotopic (exact) mass is 333 g/mol. The number of benzene rings is 1. The molecular weight excluding hydrogens is 316 g/mol. The van der Waals surface area contributed by atoms with Crippen LogP contribution in [0, 0.1) is 5.92 Å². The van der Waals surface area contributed by atoms with Gasteiger partial charge in [-0.1, -0.05) is 12.1 Å². The third-order valence-electron chi connectivity index (χ3n) is 4.74. The van der Waals surface area contributed by atoms with E-state index < -0.39 is 6.61 Å². The molecule has 3 atom stereocenters. The molecule has 2 heterocycles. The molecule has 4 rings (SSSR count). The minimum absolute atomic E-state index is 0.0306. The highest BCUT2D eigenvalue weighted by molar-refractivity contribution is 5.83. The van der Waals surface area contributed by atoms with Gasteiger partial charge in [0.05, 0.1) is 24.3 Å². The first-order valence-electron chi connectivity index (χ1n) is 7.97. The molecule has 1 fully saturated rings. The fraction of sp³-hybridized carbons (Fsp3) is 0.412. The van der Waals surface area contributed by atoms with E-state index in [4.69, 9.17) is 0 Å². The van der Waals surface area contributed by atoms with E-state index in [2.05, 4.69) is 19.6 Å². The lowest BCUT2D eigenvalue weighted by Crippen LogP contribution is -2.28. The van der Waals surface area contributed by atoms with E-state index in [1.165, 1.54) is 12.1 Å². The Kier molecular flexibility index (Phi) is 3.70. The van der Waals surface area contributed by atoms with Gasteiger partial charge in [-0.2, -0.15) is 8.78 Å². The molecule has 1 saturated carbocycles. The molecule has 1 N–H and O–H groups in total. The van der Waals surface area contributed by atoms with Crippen LogP contribution in [0.3, 0.4) is 0 Å². The fourth-order valence-corrected chi connectivity index (χ4v) is 3.40. The average molecular weight is 333 g/mol. The molecule has 1 aromatic carbocycles. The predicted molar refractivity (Wildman–Crippen MR) is 81.6 cm³/mol. The van der Waals surface area contributed by atoms with E-state index >= 15 is 0 Å². The van der Waals surface area contributed by atoms with Crippen LogP contribution in [-0.2, 0) is 11.3 Å². The Morgan fingerprint density at radius 3 is 2.88 bits per heavy atom. The predicted octanol–water partition coefficient (Wildman–Crippen LogP) is 2.85. The molecule has 0 spiro atoms. The number of rotatable bonds is 5. The second-order valence-electron chi connectivity index (χ2n) is 6.26. The first-order chi connectivity index (χ1) is 11.6. The van der Waals surface area contributed by atoms with Crippen molar-refractivity contribution in [3.63, 3.8) is 0 Å². The molecule has 1 aliphatic heterocycles. The summed E-state index contributed by atoms with van der Waals surface area (Å²) >= 11 is 0. The second-order valence-corrected chi connectivity index (χ2v) is 6.26. The van der Waals surface area contributed by atoms with Gasteiger partial charge in [-0.15, -0.1) is 0 Å². The molecule has 1 amide bonds. The summed E-state index contributed by atoms with van der Waals surface area (Å²) in [6.07, 6.45) is 5.25. The van der Waals surface area contributed by atoms with E-state index in [1.807, 2.05) is 0 Å². The third-order valence-corrected chi connectivity index (χ3v) is 4.74. The maximum atomic E-state index is 12.4. The Hall–Kier alpha value is -2.44. The van der Waals surface area contributed by atoms with E-state index in [1.54, 1.807) is 24.7 Å². The number of aryl methyl sites for hydroxylation is 1. The van der Waals surface area contributed by atoms with Crippen LogP contribution in [0.2, 0.25) is 0 Å². The topological polar surface area (TPSA) is 56.2 Å². The van der Waals surface area contributed by atoms with Gasteiger partial charge in [0.25, 0.3) is 0 Å². The Balaban J connectivity index is 1.35. The lowest BCUT2D eigenvalue weighted by atomic mass is 10.1. The molecule has 1 aromatic heterocycles. The minimum Gasteiger partial charge on any atom is -0.435 e. The number of halogens is 2. The smallest absolute Gasteiger partial charge is 0.387 e. The third kappa shape index (κ3) is 2.86. The van der Waals surface area contributed by atoms with Crippen molar-refractivity contribution >= 4 is 5.91 Å². The molecule has 24 heavy (non-hydrogen) atoms. The first-order valence-corrected chi connectivity index (χ1v) is 7.97. The van der Waals surface area contributed by atoms with Gasteiger partial charge in [0.15, 0.2) is 0 Å². The summed E-state index contributed by atoms with van der Waals surface area (Å²) in [5, 5.41) is 3.10. The number of fused-ring (bicyclic) bond motifs is 1. The van der Waals surface area contributed by atoms with Crippen LogP contribution in [0.5, 0.6) is 5.75 Å². The van der Waals surface area contributed by atoms with Crippen molar-refractivity contribution < 1.29 is 18.3 Å². The molecule has 0 radical (unpaired) electrons.